The van der Waals surface area contributed by atoms with Gasteiger partial charge in [0.15, 0.2) is 0 Å². The Balaban J connectivity index is 1.59. The van der Waals surface area contributed by atoms with Crippen LogP contribution >= 0.6 is 0 Å². The number of amides is 2. The lowest BCUT2D eigenvalue weighted by Gasteiger charge is -2.26. The molecule has 3 rings (SSSR count). The molecule has 2 amide bonds. The fourth-order valence-electron chi connectivity index (χ4n) is 2.66. The van der Waals surface area contributed by atoms with Gasteiger partial charge in [-0.2, -0.15) is 5.10 Å². The average Bonchev–Trinajstić information content (AvgIpc) is 3.14. The number of aryl methyl sites for hydroxylation is 1. The maximum atomic E-state index is 12.4. The normalized spacial score (nSPS) is 14.4. The molecule has 1 N–H and O–H groups in total. The zero-order valence-corrected chi connectivity index (χ0v) is 14.1. The second kappa shape index (κ2) is 7.89. The largest absolute Gasteiger partial charge is 0.378 e. The highest BCUT2D eigenvalue weighted by Gasteiger charge is 2.18. The van der Waals surface area contributed by atoms with Crippen molar-refractivity contribution in [3.63, 3.8) is 0 Å². The molecule has 1 aromatic heterocycles. The van der Waals surface area contributed by atoms with Crippen LogP contribution in [0.15, 0.2) is 30.6 Å². The van der Waals surface area contributed by atoms with Crippen molar-refractivity contribution >= 4 is 11.8 Å². The maximum absolute atomic E-state index is 12.4. The number of carbonyl (C=O) groups is 2. The van der Waals surface area contributed by atoms with Crippen molar-refractivity contribution in [3.8, 4) is 0 Å². The number of morpholine rings is 1. The van der Waals surface area contributed by atoms with Gasteiger partial charge >= 0.3 is 0 Å². The Hall–Kier alpha value is -2.74. The maximum Gasteiger partial charge on any atom is 0.254 e. The van der Waals surface area contributed by atoms with E-state index < -0.39 is 0 Å². The third-order valence-corrected chi connectivity index (χ3v) is 4.09. The summed E-state index contributed by atoms with van der Waals surface area (Å²) >= 11 is 0. The molecule has 2 heterocycles. The average molecular weight is 343 g/mol. The van der Waals surface area contributed by atoms with Crippen LogP contribution in [0, 0.1) is 0 Å². The van der Waals surface area contributed by atoms with Gasteiger partial charge in [-0.15, -0.1) is 0 Å². The molecular formula is C17H21N5O3. The first kappa shape index (κ1) is 17.1. The molecule has 0 bridgehead atoms. The zero-order valence-electron chi connectivity index (χ0n) is 14.1. The minimum Gasteiger partial charge on any atom is -0.378 e. The second-order valence-corrected chi connectivity index (χ2v) is 5.66. The highest BCUT2D eigenvalue weighted by atomic mass is 16.5. The number of benzene rings is 1. The van der Waals surface area contributed by atoms with Crippen molar-refractivity contribution in [2.75, 3.05) is 26.3 Å². The highest BCUT2D eigenvalue weighted by molar-refractivity contribution is 5.97. The summed E-state index contributed by atoms with van der Waals surface area (Å²) in [5, 5.41) is 6.88. The third-order valence-electron chi connectivity index (χ3n) is 4.09. The molecule has 1 saturated heterocycles. The quantitative estimate of drug-likeness (QED) is 0.863. The molecule has 2 aromatic rings. The Morgan fingerprint density at radius 1 is 1.16 bits per heavy atom. The molecule has 1 aromatic carbocycles. The summed E-state index contributed by atoms with van der Waals surface area (Å²) in [6.45, 7) is 5.29. The van der Waals surface area contributed by atoms with Crippen molar-refractivity contribution in [2.45, 2.75) is 20.0 Å². The van der Waals surface area contributed by atoms with Crippen molar-refractivity contribution in [2.24, 2.45) is 0 Å². The van der Waals surface area contributed by atoms with E-state index in [0.29, 0.717) is 56.3 Å². The van der Waals surface area contributed by atoms with Crippen LogP contribution in [0.5, 0.6) is 0 Å². The molecule has 0 unspecified atom stereocenters. The number of ether oxygens (including phenoxy) is 1. The summed E-state index contributed by atoms with van der Waals surface area (Å²) in [4.78, 5) is 30.5. The van der Waals surface area contributed by atoms with Gasteiger partial charge in [0.25, 0.3) is 11.8 Å². The number of hydrogen-bond donors (Lipinski definition) is 1. The molecular weight excluding hydrogens is 322 g/mol. The molecule has 8 nitrogen and oxygen atoms in total. The van der Waals surface area contributed by atoms with E-state index >= 15 is 0 Å². The molecule has 0 aliphatic carbocycles. The van der Waals surface area contributed by atoms with E-state index in [4.69, 9.17) is 4.74 Å². The summed E-state index contributed by atoms with van der Waals surface area (Å²) in [5.41, 5.74) is 1.07. The highest BCUT2D eigenvalue weighted by Crippen LogP contribution is 2.10. The van der Waals surface area contributed by atoms with Gasteiger partial charge in [-0.25, -0.2) is 9.67 Å². The molecule has 1 fully saturated rings. The van der Waals surface area contributed by atoms with Crippen molar-refractivity contribution < 1.29 is 14.3 Å². The summed E-state index contributed by atoms with van der Waals surface area (Å²) in [7, 11) is 0. The third kappa shape index (κ3) is 4.03. The Bertz CT molecular complexity index is 735. The van der Waals surface area contributed by atoms with Gasteiger partial charge in [0, 0.05) is 30.8 Å². The lowest BCUT2D eigenvalue weighted by Crippen LogP contribution is -2.40. The fraction of sp³-hybridized carbons (Fsp3) is 0.412. The van der Waals surface area contributed by atoms with Gasteiger partial charge in [-0.05, 0) is 31.2 Å². The number of nitrogens with one attached hydrogen (secondary N) is 1. The monoisotopic (exact) mass is 343 g/mol. The van der Waals surface area contributed by atoms with E-state index in [1.54, 1.807) is 33.8 Å². The first-order chi connectivity index (χ1) is 12.2. The second-order valence-electron chi connectivity index (χ2n) is 5.66. The van der Waals surface area contributed by atoms with Gasteiger partial charge < -0.3 is 15.0 Å². The standard InChI is InChI=1S/C17H21N5O3/c1-2-22-15(19-12-20-22)11-18-16(23)13-3-5-14(6-4-13)17(24)21-7-9-25-10-8-21/h3-6,12H,2,7-11H2,1H3,(H,18,23). The summed E-state index contributed by atoms with van der Waals surface area (Å²) in [5.74, 6) is 0.456. The number of nitrogens with zero attached hydrogens (tertiary/aromatic N) is 4. The minimum atomic E-state index is -0.212. The van der Waals surface area contributed by atoms with E-state index in [0.717, 1.165) is 0 Å². The SMILES string of the molecule is CCn1ncnc1CNC(=O)c1ccc(C(=O)N2CCOCC2)cc1. The van der Waals surface area contributed by atoms with Gasteiger partial charge in [0.05, 0.1) is 19.8 Å². The molecule has 25 heavy (non-hydrogen) atoms. The zero-order chi connectivity index (χ0) is 17.6. The van der Waals surface area contributed by atoms with Crippen LogP contribution in [-0.2, 0) is 17.8 Å². The van der Waals surface area contributed by atoms with E-state index in [9.17, 15) is 9.59 Å². The lowest BCUT2D eigenvalue weighted by atomic mass is 10.1. The molecule has 8 heteroatoms. The predicted molar refractivity (Wildman–Crippen MR) is 90.0 cm³/mol. The van der Waals surface area contributed by atoms with Crippen molar-refractivity contribution in [1.29, 1.82) is 0 Å². The first-order valence-corrected chi connectivity index (χ1v) is 8.31. The summed E-state index contributed by atoms with van der Waals surface area (Å²) < 4.78 is 6.98. The van der Waals surface area contributed by atoms with Crippen molar-refractivity contribution in [3.05, 3.63) is 47.5 Å². The van der Waals surface area contributed by atoms with Crippen LogP contribution in [0.2, 0.25) is 0 Å². The van der Waals surface area contributed by atoms with E-state index in [1.165, 1.54) is 6.33 Å². The Morgan fingerprint density at radius 3 is 2.52 bits per heavy atom. The molecule has 1 aliphatic rings. The van der Waals surface area contributed by atoms with Crippen LogP contribution in [0.25, 0.3) is 0 Å². The van der Waals surface area contributed by atoms with Crippen LogP contribution in [0.4, 0.5) is 0 Å². The lowest BCUT2D eigenvalue weighted by molar-refractivity contribution is 0.0303. The topological polar surface area (TPSA) is 89.3 Å². The number of rotatable bonds is 5. The number of hydrogen-bond acceptors (Lipinski definition) is 5. The number of aromatic nitrogens is 3. The molecule has 1 aliphatic heterocycles. The molecule has 132 valence electrons. The van der Waals surface area contributed by atoms with Gasteiger partial charge in [-0.1, -0.05) is 0 Å². The van der Waals surface area contributed by atoms with Gasteiger partial charge in [-0.3, -0.25) is 9.59 Å². The van der Waals surface area contributed by atoms with E-state index in [-0.39, 0.29) is 11.8 Å². The van der Waals surface area contributed by atoms with Crippen LogP contribution in [-0.4, -0.2) is 57.8 Å². The molecule has 0 spiro atoms. The Labute approximate surface area is 145 Å². The summed E-state index contributed by atoms with van der Waals surface area (Å²) in [6, 6.07) is 6.68. The van der Waals surface area contributed by atoms with Crippen LogP contribution in [0.3, 0.4) is 0 Å². The predicted octanol–water partition coefficient (Wildman–Crippen LogP) is 0.700. The first-order valence-electron chi connectivity index (χ1n) is 8.31. The Morgan fingerprint density at radius 2 is 1.84 bits per heavy atom. The van der Waals surface area contributed by atoms with Crippen molar-refractivity contribution in [1.82, 2.24) is 25.0 Å². The van der Waals surface area contributed by atoms with E-state index in [2.05, 4.69) is 15.4 Å². The van der Waals surface area contributed by atoms with Crippen LogP contribution < -0.4 is 5.32 Å². The van der Waals surface area contributed by atoms with E-state index in [1.807, 2.05) is 6.92 Å². The Kier molecular flexibility index (Phi) is 5.39. The smallest absolute Gasteiger partial charge is 0.254 e. The van der Waals surface area contributed by atoms with Gasteiger partial charge in [0.1, 0.15) is 12.2 Å². The minimum absolute atomic E-state index is 0.0358. The fourth-order valence-corrected chi connectivity index (χ4v) is 2.66. The number of carbonyl (C=O) groups excluding carboxylic acids is 2. The van der Waals surface area contributed by atoms with Gasteiger partial charge in [0.2, 0.25) is 0 Å². The van der Waals surface area contributed by atoms with Crippen LogP contribution in [0.1, 0.15) is 33.5 Å². The molecule has 0 atom stereocenters. The molecule has 0 saturated carbocycles. The summed E-state index contributed by atoms with van der Waals surface area (Å²) in [6.07, 6.45) is 1.47. The molecule has 0 radical (unpaired) electrons.